The second-order valence-corrected chi connectivity index (χ2v) is 12.4. The Morgan fingerprint density at radius 2 is 0.918 bits per heavy atom. The maximum Gasteiger partial charge on any atom is 0.164 e. The van der Waals surface area contributed by atoms with Gasteiger partial charge in [-0.1, -0.05) is 152 Å². The zero-order valence-electron chi connectivity index (χ0n) is 26.3. The van der Waals surface area contributed by atoms with Crippen molar-refractivity contribution in [1.29, 1.82) is 0 Å². The number of hydrogen-bond acceptors (Lipinski definition) is 4. The first kappa shape index (κ1) is 27.5. The molecule has 0 atom stereocenters. The lowest BCUT2D eigenvalue weighted by molar-refractivity contribution is 0.670. The molecule has 2 heterocycles. The highest BCUT2D eigenvalue weighted by Gasteiger charge is 2.20. The van der Waals surface area contributed by atoms with Crippen molar-refractivity contribution in [2.75, 3.05) is 0 Å². The largest absolute Gasteiger partial charge is 0.455 e. The van der Waals surface area contributed by atoms with Crippen LogP contribution in [0.5, 0.6) is 0 Å². The van der Waals surface area contributed by atoms with E-state index in [9.17, 15) is 0 Å². The Bertz CT molecular complexity index is 2810. The monoisotopic (exact) mass is 625 g/mol. The molecule has 8 aromatic carbocycles. The summed E-state index contributed by atoms with van der Waals surface area (Å²) >= 11 is 0. The molecule has 0 N–H and O–H groups in total. The number of rotatable bonds is 4. The van der Waals surface area contributed by atoms with Crippen LogP contribution >= 0.6 is 0 Å². The summed E-state index contributed by atoms with van der Waals surface area (Å²) in [5.74, 6) is 1.87. The van der Waals surface area contributed by atoms with Gasteiger partial charge < -0.3 is 4.42 Å². The molecule has 0 aliphatic carbocycles. The van der Waals surface area contributed by atoms with Gasteiger partial charge in [0.1, 0.15) is 11.2 Å². The Morgan fingerprint density at radius 3 is 1.67 bits per heavy atom. The second kappa shape index (κ2) is 11.0. The van der Waals surface area contributed by atoms with E-state index in [4.69, 9.17) is 19.4 Å². The van der Waals surface area contributed by atoms with Crippen molar-refractivity contribution < 1.29 is 4.42 Å². The van der Waals surface area contributed by atoms with Gasteiger partial charge in [-0.05, 0) is 50.0 Å². The SMILES string of the molecule is c1ccc(-c2nc(-c3ccccc3)nc(-c3cccc4oc5c(-c6ccc7ccc8ccc9ccccc9c8c7c6)cccc5c34)n2)cc1. The fourth-order valence-electron chi connectivity index (χ4n) is 7.18. The lowest BCUT2D eigenvalue weighted by atomic mass is 9.93. The first-order valence-electron chi connectivity index (χ1n) is 16.4. The molecule has 0 bridgehead atoms. The van der Waals surface area contributed by atoms with Crippen LogP contribution in [-0.4, -0.2) is 15.0 Å². The van der Waals surface area contributed by atoms with E-state index in [2.05, 4.69) is 91.0 Å². The van der Waals surface area contributed by atoms with Gasteiger partial charge in [0.05, 0.1) is 0 Å². The lowest BCUT2D eigenvalue weighted by Gasteiger charge is -2.10. The van der Waals surface area contributed by atoms with Crippen molar-refractivity contribution in [3.05, 3.63) is 164 Å². The standard InChI is InChI=1S/C45H27N3O/c1-3-12-31(13-4-1)43-46-44(32-14-5-2-6-15-32)48-45(47-43)37-19-10-20-39-41(37)36-18-9-17-35(42(36)49-39)33-26-23-29-22-25-30-24-21-28-11-7-8-16-34(28)40(30)38(29)27-33/h1-27H. The van der Waals surface area contributed by atoms with Gasteiger partial charge in [0, 0.05) is 33.0 Å². The first-order chi connectivity index (χ1) is 24.3. The molecule has 10 rings (SSSR count). The van der Waals surface area contributed by atoms with Gasteiger partial charge in [-0.15, -0.1) is 0 Å². The molecule has 2 aromatic heterocycles. The molecule has 49 heavy (non-hydrogen) atoms. The molecule has 0 radical (unpaired) electrons. The van der Waals surface area contributed by atoms with E-state index in [1.165, 1.54) is 32.3 Å². The van der Waals surface area contributed by atoms with E-state index in [0.29, 0.717) is 17.5 Å². The first-order valence-corrected chi connectivity index (χ1v) is 16.4. The Balaban J connectivity index is 1.20. The maximum atomic E-state index is 6.73. The Labute approximate surface area is 282 Å². The quantitative estimate of drug-likeness (QED) is 0.183. The van der Waals surface area contributed by atoms with E-state index >= 15 is 0 Å². The zero-order chi connectivity index (χ0) is 32.3. The number of benzene rings is 8. The van der Waals surface area contributed by atoms with Gasteiger partial charge in [0.15, 0.2) is 17.5 Å². The predicted molar refractivity (Wildman–Crippen MR) is 201 cm³/mol. The van der Waals surface area contributed by atoms with Crippen LogP contribution in [-0.2, 0) is 0 Å². The van der Waals surface area contributed by atoms with Gasteiger partial charge in [-0.25, -0.2) is 15.0 Å². The van der Waals surface area contributed by atoms with Crippen molar-refractivity contribution in [2.45, 2.75) is 0 Å². The smallest absolute Gasteiger partial charge is 0.164 e. The van der Waals surface area contributed by atoms with Crippen LogP contribution in [0.25, 0.3) is 99.5 Å². The van der Waals surface area contributed by atoms with Crippen LogP contribution in [0.15, 0.2) is 168 Å². The maximum absolute atomic E-state index is 6.73. The highest BCUT2D eigenvalue weighted by molar-refractivity contribution is 6.21. The number of fused-ring (bicyclic) bond motifs is 8. The molecule has 0 amide bonds. The third-order valence-electron chi connectivity index (χ3n) is 9.50. The molecular formula is C45H27N3O. The Hall–Kier alpha value is -6.65. The number of furan rings is 1. The third kappa shape index (κ3) is 4.49. The fraction of sp³-hybridized carbons (Fsp3) is 0. The van der Waals surface area contributed by atoms with Crippen LogP contribution in [0.1, 0.15) is 0 Å². The summed E-state index contributed by atoms with van der Waals surface area (Å²) < 4.78 is 6.73. The normalized spacial score (nSPS) is 11.7. The van der Waals surface area contributed by atoms with E-state index in [0.717, 1.165) is 49.8 Å². The lowest BCUT2D eigenvalue weighted by Crippen LogP contribution is -2.00. The van der Waals surface area contributed by atoms with E-state index in [1.807, 2.05) is 72.8 Å². The molecule has 4 heteroatoms. The number of aromatic nitrogens is 3. The van der Waals surface area contributed by atoms with E-state index in [1.54, 1.807) is 0 Å². The predicted octanol–water partition coefficient (Wildman–Crippen LogP) is 11.9. The number of para-hydroxylation sites is 1. The summed E-state index contributed by atoms with van der Waals surface area (Å²) in [4.78, 5) is 15.0. The highest BCUT2D eigenvalue weighted by Crippen LogP contribution is 2.42. The van der Waals surface area contributed by atoms with Crippen molar-refractivity contribution >= 4 is 54.3 Å². The molecule has 0 aliphatic rings. The van der Waals surface area contributed by atoms with Crippen LogP contribution in [0, 0.1) is 0 Å². The molecule has 0 unspecified atom stereocenters. The van der Waals surface area contributed by atoms with Crippen molar-refractivity contribution in [3.63, 3.8) is 0 Å². The van der Waals surface area contributed by atoms with Crippen LogP contribution in [0.3, 0.4) is 0 Å². The average molecular weight is 626 g/mol. The van der Waals surface area contributed by atoms with Gasteiger partial charge in [0.25, 0.3) is 0 Å². The van der Waals surface area contributed by atoms with E-state index < -0.39 is 0 Å². The summed E-state index contributed by atoms with van der Waals surface area (Å²) in [7, 11) is 0. The Kier molecular flexibility index (Phi) is 6.15. The minimum Gasteiger partial charge on any atom is -0.455 e. The molecule has 0 fully saturated rings. The number of nitrogens with zero attached hydrogens (tertiary/aromatic N) is 3. The van der Waals surface area contributed by atoms with Crippen molar-refractivity contribution in [3.8, 4) is 45.3 Å². The number of hydrogen-bond donors (Lipinski definition) is 0. The molecular weight excluding hydrogens is 599 g/mol. The highest BCUT2D eigenvalue weighted by atomic mass is 16.3. The van der Waals surface area contributed by atoms with Gasteiger partial charge in [0.2, 0.25) is 0 Å². The summed E-state index contributed by atoms with van der Waals surface area (Å²) in [5.41, 5.74) is 6.57. The average Bonchev–Trinajstić information content (AvgIpc) is 3.57. The fourth-order valence-corrected chi connectivity index (χ4v) is 7.18. The molecule has 10 aromatic rings. The summed E-state index contributed by atoms with van der Waals surface area (Å²) in [6.45, 7) is 0. The summed E-state index contributed by atoms with van der Waals surface area (Å²) in [5, 5.41) is 9.46. The third-order valence-corrected chi connectivity index (χ3v) is 9.50. The van der Waals surface area contributed by atoms with Gasteiger partial charge in [-0.2, -0.15) is 0 Å². The summed E-state index contributed by atoms with van der Waals surface area (Å²) in [6.07, 6.45) is 0. The molecule has 0 aliphatic heterocycles. The zero-order valence-corrected chi connectivity index (χ0v) is 26.3. The minimum absolute atomic E-state index is 0.607. The Morgan fingerprint density at radius 1 is 0.347 bits per heavy atom. The van der Waals surface area contributed by atoms with Gasteiger partial charge in [-0.3, -0.25) is 0 Å². The molecule has 0 spiro atoms. The molecule has 0 saturated heterocycles. The minimum atomic E-state index is 0.607. The van der Waals surface area contributed by atoms with Crippen molar-refractivity contribution in [2.24, 2.45) is 0 Å². The molecule has 0 saturated carbocycles. The van der Waals surface area contributed by atoms with Crippen LogP contribution < -0.4 is 0 Å². The van der Waals surface area contributed by atoms with Crippen LogP contribution in [0.4, 0.5) is 0 Å². The topological polar surface area (TPSA) is 51.8 Å². The molecule has 4 nitrogen and oxygen atoms in total. The summed E-state index contributed by atoms with van der Waals surface area (Å²) in [6, 6.07) is 56.9. The van der Waals surface area contributed by atoms with Crippen molar-refractivity contribution in [1.82, 2.24) is 15.0 Å². The van der Waals surface area contributed by atoms with E-state index in [-0.39, 0.29) is 0 Å². The van der Waals surface area contributed by atoms with Crippen LogP contribution in [0.2, 0.25) is 0 Å². The van der Waals surface area contributed by atoms with Gasteiger partial charge >= 0.3 is 0 Å². The molecule has 228 valence electrons. The second-order valence-electron chi connectivity index (χ2n) is 12.4.